The molecule has 4 nitrogen and oxygen atoms in total. The summed E-state index contributed by atoms with van der Waals surface area (Å²) in [6.07, 6.45) is 4.63. The third kappa shape index (κ3) is 5.61. The van der Waals surface area contributed by atoms with Gasteiger partial charge in [0.15, 0.2) is 0 Å². The van der Waals surface area contributed by atoms with Crippen LogP contribution in [0.1, 0.15) is 31.2 Å². The molecule has 116 valence electrons. The lowest BCUT2D eigenvalue weighted by molar-refractivity contribution is -0.0419. The van der Waals surface area contributed by atoms with Gasteiger partial charge in [-0.25, -0.2) is 0 Å². The molecule has 1 saturated heterocycles. The maximum absolute atomic E-state index is 5.71. The molecule has 1 atom stereocenters. The summed E-state index contributed by atoms with van der Waals surface area (Å²) in [5.41, 5.74) is 6.44. The van der Waals surface area contributed by atoms with Crippen LogP contribution in [0.2, 0.25) is 0 Å². The van der Waals surface area contributed by atoms with Gasteiger partial charge in [0.1, 0.15) is 10.7 Å². The highest BCUT2D eigenvalue weighted by Crippen LogP contribution is 2.18. The van der Waals surface area contributed by atoms with Crippen LogP contribution in [-0.4, -0.2) is 37.5 Å². The van der Waals surface area contributed by atoms with Crippen molar-refractivity contribution in [2.45, 2.75) is 31.8 Å². The Morgan fingerprint density at radius 1 is 1.29 bits per heavy atom. The van der Waals surface area contributed by atoms with Crippen LogP contribution in [0.5, 0.6) is 5.75 Å². The summed E-state index contributed by atoms with van der Waals surface area (Å²) in [7, 11) is 0. The Hall–Kier alpha value is -1.17. The fraction of sp³-hybridized carbons (Fsp3) is 0.562. The summed E-state index contributed by atoms with van der Waals surface area (Å²) in [5, 5.41) is 0. The molecule has 1 aromatic rings. The van der Waals surface area contributed by atoms with Crippen molar-refractivity contribution < 1.29 is 14.2 Å². The van der Waals surface area contributed by atoms with Crippen molar-refractivity contribution >= 4 is 17.2 Å². The van der Waals surface area contributed by atoms with Crippen molar-refractivity contribution in [1.29, 1.82) is 0 Å². The van der Waals surface area contributed by atoms with E-state index in [1.807, 2.05) is 24.3 Å². The van der Waals surface area contributed by atoms with Gasteiger partial charge in [0.25, 0.3) is 0 Å². The molecule has 2 rings (SSSR count). The van der Waals surface area contributed by atoms with E-state index in [4.69, 9.17) is 32.2 Å². The first kappa shape index (κ1) is 16.2. The molecule has 5 heteroatoms. The Morgan fingerprint density at radius 2 is 2.14 bits per heavy atom. The molecule has 1 fully saturated rings. The largest absolute Gasteiger partial charge is 0.493 e. The van der Waals surface area contributed by atoms with Crippen LogP contribution in [-0.2, 0) is 9.47 Å². The number of ether oxygens (including phenoxy) is 3. The lowest BCUT2D eigenvalue weighted by atomic mass is 10.1. The van der Waals surface area contributed by atoms with Crippen molar-refractivity contribution in [3.05, 3.63) is 29.8 Å². The molecule has 0 radical (unpaired) electrons. The summed E-state index contributed by atoms with van der Waals surface area (Å²) in [5.74, 6) is 0.737. The van der Waals surface area contributed by atoms with Crippen molar-refractivity contribution in [2.75, 3.05) is 26.4 Å². The van der Waals surface area contributed by atoms with Gasteiger partial charge in [-0.05, 0) is 31.4 Å². The van der Waals surface area contributed by atoms with Gasteiger partial charge in [-0.3, -0.25) is 0 Å². The van der Waals surface area contributed by atoms with Gasteiger partial charge >= 0.3 is 0 Å². The molecule has 0 bridgehead atoms. The molecule has 0 amide bonds. The first-order valence-corrected chi connectivity index (χ1v) is 7.89. The van der Waals surface area contributed by atoms with Crippen LogP contribution in [0.15, 0.2) is 24.3 Å². The van der Waals surface area contributed by atoms with Gasteiger partial charge in [-0.2, -0.15) is 0 Å². The molecule has 1 aliphatic rings. The molecule has 1 aliphatic heterocycles. The molecule has 0 saturated carbocycles. The van der Waals surface area contributed by atoms with Gasteiger partial charge in [-0.1, -0.05) is 24.4 Å². The Balaban J connectivity index is 1.60. The van der Waals surface area contributed by atoms with E-state index in [0.717, 1.165) is 30.8 Å². The normalized spacial score (nSPS) is 18.4. The number of rotatable bonds is 8. The summed E-state index contributed by atoms with van der Waals surface area (Å²) in [6, 6.07) is 7.56. The van der Waals surface area contributed by atoms with Crippen molar-refractivity contribution in [3.8, 4) is 5.75 Å². The van der Waals surface area contributed by atoms with Crippen LogP contribution >= 0.6 is 12.2 Å². The average Bonchev–Trinajstić information content (AvgIpc) is 2.52. The molecule has 0 aromatic heterocycles. The summed E-state index contributed by atoms with van der Waals surface area (Å²) >= 11 is 5.00. The van der Waals surface area contributed by atoms with Gasteiger partial charge in [0, 0.05) is 19.6 Å². The van der Waals surface area contributed by atoms with E-state index in [2.05, 4.69) is 0 Å². The number of hydrogen-bond acceptors (Lipinski definition) is 4. The van der Waals surface area contributed by atoms with Crippen molar-refractivity contribution in [1.82, 2.24) is 0 Å². The highest BCUT2D eigenvalue weighted by Gasteiger charge is 2.13. The average molecular weight is 309 g/mol. The number of para-hydroxylation sites is 1. The zero-order chi connectivity index (χ0) is 14.9. The Labute approximate surface area is 131 Å². The molecule has 21 heavy (non-hydrogen) atoms. The molecule has 0 aliphatic carbocycles. The third-order valence-corrected chi connectivity index (χ3v) is 3.64. The van der Waals surface area contributed by atoms with E-state index in [0.29, 0.717) is 24.8 Å². The van der Waals surface area contributed by atoms with E-state index in [1.54, 1.807) is 0 Å². The highest BCUT2D eigenvalue weighted by atomic mass is 32.1. The van der Waals surface area contributed by atoms with E-state index in [9.17, 15) is 0 Å². The van der Waals surface area contributed by atoms with Gasteiger partial charge in [0.05, 0.1) is 24.9 Å². The molecule has 1 aromatic carbocycles. The minimum Gasteiger partial charge on any atom is -0.493 e. The number of nitrogens with two attached hydrogens (primary N) is 1. The van der Waals surface area contributed by atoms with Crippen molar-refractivity contribution in [3.63, 3.8) is 0 Å². The first-order valence-electron chi connectivity index (χ1n) is 7.48. The van der Waals surface area contributed by atoms with Gasteiger partial charge in [0.2, 0.25) is 0 Å². The van der Waals surface area contributed by atoms with E-state index in [-0.39, 0.29) is 6.10 Å². The molecule has 1 heterocycles. The zero-order valence-corrected chi connectivity index (χ0v) is 13.1. The fourth-order valence-corrected chi connectivity index (χ4v) is 2.46. The zero-order valence-electron chi connectivity index (χ0n) is 12.3. The predicted octanol–water partition coefficient (Wildman–Crippen LogP) is 2.68. The fourth-order valence-electron chi connectivity index (χ4n) is 2.29. The standard InChI is InChI=1S/C16H23NO3S/c17-16(21)14-7-1-2-8-15(14)20-11-5-9-18-12-13-6-3-4-10-19-13/h1-2,7-8,13H,3-6,9-12H2,(H2,17,21). The van der Waals surface area contributed by atoms with E-state index >= 15 is 0 Å². The minimum absolute atomic E-state index is 0.273. The number of hydrogen-bond donors (Lipinski definition) is 1. The molecular weight excluding hydrogens is 286 g/mol. The summed E-state index contributed by atoms with van der Waals surface area (Å²) < 4.78 is 17.0. The Kier molecular flexibility index (Phi) is 6.92. The van der Waals surface area contributed by atoms with Crippen LogP contribution in [0, 0.1) is 0 Å². The summed E-state index contributed by atoms with van der Waals surface area (Å²) in [6.45, 7) is 2.82. The van der Waals surface area contributed by atoms with Crippen LogP contribution in [0.3, 0.4) is 0 Å². The molecule has 2 N–H and O–H groups in total. The number of benzene rings is 1. The topological polar surface area (TPSA) is 53.7 Å². The highest BCUT2D eigenvalue weighted by molar-refractivity contribution is 7.80. The van der Waals surface area contributed by atoms with Gasteiger partial charge < -0.3 is 19.9 Å². The summed E-state index contributed by atoms with van der Waals surface area (Å²) in [4.78, 5) is 0.358. The minimum atomic E-state index is 0.273. The third-order valence-electron chi connectivity index (χ3n) is 3.42. The van der Waals surface area contributed by atoms with Crippen LogP contribution in [0.4, 0.5) is 0 Å². The predicted molar refractivity (Wildman–Crippen MR) is 86.9 cm³/mol. The Morgan fingerprint density at radius 3 is 2.90 bits per heavy atom. The Bertz CT molecular complexity index is 447. The lowest BCUT2D eigenvalue weighted by Crippen LogP contribution is -2.24. The second-order valence-electron chi connectivity index (χ2n) is 5.13. The maximum atomic E-state index is 5.71. The monoisotopic (exact) mass is 309 g/mol. The van der Waals surface area contributed by atoms with Gasteiger partial charge in [-0.15, -0.1) is 0 Å². The lowest BCUT2D eigenvalue weighted by Gasteiger charge is -2.22. The quantitative estimate of drug-likeness (QED) is 0.591. The molecule has 0 spiro atoms. The van der Waals surface area contributed by atoms with E-state index in [1.165, 1.54) is 12.8 Å². The second-order valence-corrected chi connectivity index (χ2v) is 5.57. The van der Waals surface area contributed by atoms with E-state index < -0.39 is 0 Å². The number of thiocarbonyl (C=S) groups is 1. The van der Waals surface area contributed by atoms with Crippen molar-refractivity contribution in [2.24, 2.45) is 5.73 Å². The smallest absolute Gasteiger partial charge is 0.129 e. The second kappa shape index (κ2) is 8.97. The first-order chi connectivity index (χ1) is 10.3. The maximum Gasteiger partial charge on any atom is 0.129 e. The van der Waals surface area contributed by atoms with Crippen LogP contribution in [0.25, 0.3) is 0 Å². The van der Waals surface area contributed by atoms with Crippen LogP contribution < -0.4 is 10.5 Å². The molecule has 1 unspecified atom stereocenters. The molecular formula is C16H23NO3S. The SMILES string of the molecule is NC(=S)c1ccccc1OCCCOCC1CCCCO1.